The molecule has 1 aromatic carbocycles. The molecule has 5 nitrogen and oxygen atoms in total. The molecule has 1 aromatic rings. The van der Waals surface area contributed by atoms with Crippen molar-refractivity contribution in [3.8, 4) is 11.5 Å². The molecule has 0 saturated carbocycles. The van der Waals surface area contributed by atoms with Crippen molar-refractivity contribution in [3.63, 3.8) is 0 Å². The first-order valence-electron chi connectivity index (χ1n) is 6.44. The monoisotopic (exact) mass is 391 g/mol. The zero-order valence-electron chi connectivity index (χ0n) is 11.6. The number of methoxy groups -OCH3 is 2. The molecular formula is C14H18INO4. The second-order valence-electron chi connectivity index (χ2n) is 4.78. The van der Waals surface area contributed by atoms with Gasteiger partial charge in [0.05, 0.1) is 17.8 Å². The van der Waals surface area contributed by atoms with E-state index in [0.29, 0.717) is 18.0 Å². The number of carboxylic acids is 1. The maximum absolute atomic E-state index is 11.2. The maximum Gasteiger partial charge on any atom is 0.320 e. The van der Waals surface area contributed by atoms with Crippen LogP contribution in [0, 0.1) is 3.57 Å². The van der Waals surface area contributed by atoms with Crippen LogP contribution in [0.2, 0.25) is 0 Å². The number of halogens is 1. The van der Waals surface area contributed by atoms with Gasteiger partial charge in [-0.25, -0.2) is 0 Å². The first-order chi connectivity index (χ1) is 9.56. The Bertz CT molecular complexity index is 506. The summed E-state index contributed by atoms with van der Waals surface area (Å²) in [4.78, 5) is 13.2. The molecule has 6 heteroatoms. The molecular weight excluding hydrogens is 373 g/mol. The molecule has 1 N–H and O–H groups in total. The summed E-state index contributed by atoms with van der Waals surface area (Å²) >= 11 is 2.20. The van der Waals surface area contributed by atoms with Crippen LogP contribution < -0.4 is 9.47 Å². The van der Waals surface area contributed by atoms with E-state index < -0.39 is 5.97 Å². The highest BCUT2D eigenvalue weighted by atomic mass is 127. The van der Waals surface area contributed by atoms with Crippen LogP contribution in [-0.4, -0.2) is 42.8 Å². The van der Waals surface area contributed by atoms with E-state index in [1.165, 1.54) is 0 Å². The highest BCUT2D eigenvalue weighted by molar-refractivity contribution is 14.1. The highest BCUT2D eigenvalue weighted by Gasteiger charge is 2.30. The molecule has 0 bridgehead atoms. The second-order valence-corrected chi connectivity index (χ2v) is 5.94. The van der Waals surface area contributed by atoms with Crippen molar-refractivity contribution in [2.75, 3.05) is 20.8 Å². The molecule has 0 radical (unpaired) electrons. The average molecular weight is 391 g/mol. The summed E-state index contributed by atoms with van der Waals surface area (Å²) in [5, 5.41) is 9.21. The minimum atomic E-state index is -0.738. The molecule has 20 heavy (non-hydrogen) atoms. The zero-order valence-corrected chi connectivity index (χ0v) is 13.7. The quantitative estimate of drug-likeness (QED) is 0.782. The molecule has 110 valence electrons. The van der Waals surface area contributed by atoms with E-state index in [-0.39, 0.29) is 6.04 Å². The lowest BCUT2D eigenvalue weighted by Gasteiger charge is -2.22. The van der Waals surface area contributed by atoms with Crippen molar-refractivity contribution >= 4 is 28.6 Å². The summed E-state index contributed by atoms with van der Waals surface area (Å²) in [6.07, 6.45) is 1.65. The number of aliphatic carboxylic acids is 1. The van der Waals surface area contributed by atoms with E-state index in [0.717, 1.165) is 28.5 Å². The molecule has 0 unspecified atom stereocenters. The van der Waals surface area contributed by atoms with Gasteiger partial charge in [-0.3, -0.25) is 9.69 Å². The van der Waals surface area contributed by atoms with Gasteiger partial charge in [0, 0.05) is 6.54 Å². The largest absolute Gasteiger partial charge is 0.493 e. The molecule has 1 heterocycles. The fourth-order valence-electron chi connectivity index (χ4n) is 2.59. The predicted octanol–water partition coefficient (Wildman–Crippen LogP) is 2.36. The number of likely N-dealkylation sites (tertiary alicyclic amines) is 1. The summed E-state index contributed by atoms with van der Waals surface area (Å²) in [5.74, 6) is 0.659. The third kappa shape index (κ3) is 3.17. The Morgan fingerprint density at radius 3 is 2.80 bits per heavy atom. The predicted molar refractivity (Wildman–Crippen MR) is 83.3 cm³/mol. The zero-order chi connectivity index (χ0) is 14.7. The molecule has 0 spiro atoms. The lowest BCUT2D eigenvalue weighted by Crippen LogP contribution is -2.35. The van der Waals surface area contributed by atoms with Gasteiger partial charge in [-0.05, 0) is 59.7 Å². The highest BCUT2D eigenvalue weighted by Crippen LogP contribution is 2.34. The Kier molecular flexibility index (Phi) is 5.09. The van der Waals surface area contributed by atoms with Crippen molar-refractivity contribution in [1.82, 2.24) is 4.90 Å². The van der Waals surface area contributed by atoms with E-state index in [9.17, 15) is 9.90 Å². The fraction of sp³-hybridized carbons (Fsp3) is 0.500. The van der Waals surface area contributed by atoms with Crippen LogP contribution in [0.15, 0.2) is 12.1 Å². The lowest BCUT2D eigenvalue weighted by molar-refractivity contribution is -0.142. The number of benzene rings is 1. The third-order valence-electron chi connectivity index (χ3n) is 3.53. The minimum absolute atomic E-state index is 0.374. The summed E-state index contributed by atoms with van der Waals surface area (Å²) in [7, 11) is 3.22. The van der Waals surface area contributed by atoms with Crippen LogP contribution in [0.4, 0.5) is 0 Å². The Morgan fingerprint density at radius 1 is 1.45 bits per heavy atom. The summed E-state index contributed by atoms with van der Waals surface area (Å²) < 4.78 is 11.6. The van der Waals surface area contributed by atoms with Gasteiger partial charge in [0.15, 0.2) is 11.5 Å². The van der Waals surface area contributed by atoms with E-state index in [1.54, 1.807) is 14.2 Å². The number of rotatable bonds is 5. The first-order valence-corrected chi connectivity index (χ1v) is 7.52. The second kappa shape index (κ2) is 6.62. The van der Waals surface area contributed by atoms with Gasteiger partial charge in [0.1, 0.15) is 6.04 Å². The van der Waals surface area contributed by atoms with E-state index in [4.69, 9.17) is 9.47 Å². The van der Waals surface area contributed by atoms with Crippen molar-refractivity contribution < 1.29 is 19.4 Å². The number of hydrogen-bond acceptors (Lipinski definition) is 4. The summed E-state index contributed by atoms with van der Waals surface area (Å²) in [6, 6.07) is 3.55. The van der Waals surface area contributed by atoms with Gasteiger partial charge in [0.2, 0.25) is 0 Å². The number of carbonyl (C=O) groups is 1. The Morgan fingerprint density at radius 2 is 2.20 bits per heavy atom. The molecule has 2 rings (SSSR count). The van der Waals surface area contributed by atoms with Gasteiger partial charge in [-0.2, -0.15) is 0 Å². The van der Waals surface area contributed by atoms with E-state index in [1.807, 2.05) is 17.0 Å². The van der Waals surface area contributed by atoms with Crippen LogP contribution in [0.3, 0.4) is 0 Å². The normalized spacial score (nSPS) is 19.1. The Balaban J connectivity index is 2.21. The molecule has 1 aliphatic rings. The van der Waals surface area contributed by atoms with Crippen LogP contribution in [-0.2, 0) is 11.3 Å². The van der Waals surface area contributed by atoms with Crippen molar-refractivity contribution in [3.05, 3.63) is 21.3 Å². The van der Waals surface area contributed by atoms with E-state index in [2.05, 4.69) is 22.6 Å². The van der Waals surface area contributed by atoms with Gasteiger partial charge < -0.3 is 14.6 Å². The fourth-order valence-corrected chi connectivity index (χ4v) is 3.48. The van der Waals surface area contributed by atoms with Crippen LogP contribution >= 0.6 is 22.6 Å². The summed E-state index contributed by atoms with van der Waals surface area (Å²) in [6.45, 7) is 1.44. The molecule has 0 aliphatic carbocycles. The molecule has 0 amide bonds. The van der Waals surface area contributed by atoms with Crippen molar-refractivity contribution in [2.24, 2.45) is 0 Å². The van der Waals surface area contributed by atoms with Gasteiger partial charge in [-0.1, -0.05) is 0 Å². The third-order valence-corrected chi connectivity index (χ3v) is 4.33. The van der Waals surface area contributed by atoms with Crippen LogP contribution in [0.5, 0.6) is 11.5 Å². The SMILES string of the molecule is COc1cc(CN2CCC[C@H]2C(=O)O)cc(I)c1OC. The van der Waals surface area contributed by atoms with E-state index >= 15 is 0 Å². The smallest absolute Gasteiger partial charge is 0.320 e. The standard InChI is InChI=1S/C14H18INO4/c1-19-12-7-9(6-10(15)13(12)20-2)8-16-5-3-4-11(16)14(17)18/h6-7,11H,3-5,8H2,1-2H3,(H,17,18)/t11-/m0/s1. The first kappa shape index (κ1) is 15.4. The molecule has 1 fully saturated rings. The minimum Gasteiger partial charge on any atom is -0.493 e. The Hall–Kier alpha value is -1.02. The molecule has 1 aliphatic heterocycles. The molecule has 1 atom stereocenters. The van der Waals surface area contributed by atoms with Crippen molar-refractivity contribution in [2.45, 2.75) is 25.4 Å². The number of hydrogen-bond donors (Lipinski definition) is 1. The molecule has 1 saturated heterocycles. The number of ether oxygens (including phenoxy) is 2. The van der Waals surface area contributed by atoms with Gasteiger partial charge in [0.25, 0.3) is 0 Å². The van der Waals surface area contributed by atoms with Crippen LogP contribution in [0.25, 0.3) is 0 Å². The molecule has 0 aromatic heterocycles. The van der Waals surface area contributed by atoms with Gasteiger partial charge in [-0.15, -0.1) is 0 Å². The average Bonchev–Trinajstić information content (AvgIpc) is 2.86. The lowest BCUT2D eigenvalue weighted by atomic mass is 10.1. The number of carboxylic acid groups (broad SMARTS) is 1. The topological polar surface area (TPSA) is 59.0 Å². The maximum atomic E-state index is 11.2. The van der Waals surface area contributed by atoms with Crippen LogP contribution in [0.1, 0.15) is 18.4 Å². The summed E-state index contributed by atoms with van der Waals surface area (Å²) in [5.41, 5.74) is 1.04. The Labute approximate surface area is 132 Å². The van der Waals surface area contributed by atoms with Crippen molar-refractivity contribution in [1.29, 1.82) is 0 Å². The number of nitrogens with zero attached hydrogens (tertiary/aromatic N) is 1. The van der Waals surface area contributed by atoms with Gasteiger partial charge >= 0.3 is 5.97 Å².